The molecular formula is C39H32ClNO. The number of carbonyl (C=O) groups is 1. The predicted molar refractivity (Wildman–Crippen MR) is 176 cm³/mol. The van der Waals surface area contributed by atoms with Gasteiger partial charge in [-0.2, -0.15) is 0 Å². The number of anilines is 1. The van der Waals surface area contributed by atoms with Gasteiger partial charge in [-0.25, -0.2) is 0 Å². The molecule has 2 nitrogen and oxygen atoms in total. The number of hydrogen-bond acceptors (Lipinski definition) is 2. The number of fused-ring (bicyclic) bond motifs is 3. The van der Waals surface area contributed by atoms with E-state index in [0.717, 1.165) is 28.0 Å². The van der Waals surface area contributed by atoms with Gasteiger partial charge in [-0.05, 0) is 69.0 Å². The lowest BCUT2D eigenvalue weighted by molar-refractivity contribution is 0.0886. The van der Waals surface area contributed by atoms with Crippen molar-refractivity contribution < 1.29 is 4.79 Å². The van der Waals surface area contributed by atoms with Crippen LogP contribution in [0.25, 0.3) is 21.9 Å². The van der Waals surface area contributed by atoms with Gasteiger partial charge in [0.05, 0.1) is 11.5 Å². The summed E-state index contributed by atoms with van der Waals surface area (Å²) in [6.07, 6.45) is 4.60. The quantitative estimate of drug-likeness (QED) is 0.202. The summed E-state index contributed by atoms with van der Waals surface area (Å²) in [5.74, 6) is -0.378. The second-order valence-electron chi connectivity index (χ2n) is 11.9. The average Bonchev–Trinajstić information content (AvgIpc) is 3.19. The van der Waals surface area contributed by atoms with Crippen LogP contribution in [0.1, 0.15) is 40.9 Å². The van der Waals surface area contributed by atoms with E-state index in [1.807, 2.05) is 60.7 Å². The number of hydrogen-bond donors (Lipinski definition) is 0. The van der Waals surface area contributed by atoms with Gasteiger partial charge in [-0.1, -0.05) is 129 Å². The topological polar surface area (TPSA) is 20.3 Å². The number of ketones is 1. The molecule has 1 aliphatic carbocycles. The number of carbonyl (C=O) groups excluding carboxylic acids is 1. The second-order valence-corrected chi connectivity index (χ2v) is 12.4. The number of halogens is 1. The first-order valence-electron chi connectivity index (χ1n) is 14.4. The summed E-state index contributed by atoms with van der Waals surface area (Å²) < 4.78 is 0. The van der Waals surface area contributed by atoms with Crippen molar-refractivity contribution in [1.82, 2.24) is 0 Å². The minimum atomic E-state index is -0.707. The Hall–Kier alpha value is -4.40. The Morgan fingerprint density at radius 3 is 2.10 bits per heavy atom. The van der Waals surface area contributed by atoms with Gasteiger partial charge in [0, 0.05) is 28.7 Å². The molecule has 0 saturated carbocycles. The molecule has 0 saturated heterocycles. The third kappa shape index (κ3) is 3.82. The standard InChI is InChI=1S/C39H32ClNO/c1-38(2)35-32-17-11-10-14-27(32)20-23-34(35)41(3)39(38)25-30(26-12-6-4-7-13-26)24-33(28-18-21-31(40)22-19-28)36(39)37(42)29-15-8-5-9-16-29/h4-25,36H,1-3H3. The third-order valence-electron chi connectivity index (χ3n) is 9.49. The number of allylic oxidation sites excluding steroid dienone is 2. The molecule has 206 valence electrons. The molecule has 7 rings (SSSR count). The number of Topliss-reactive ketones (excluding diaryl/α,β-unsaturated/α-hetero) is 1. The van der Waals surface area contributed by atoms with Crippen molar-refractivity contribution in [3.8, 4) is 0 Å². The zero-order valence-corrected chi connectivity index (χ0v) is 24.8. The van der Waals surface area contributed by atoms with Crippen LogP contribution in [-0.4, -0.2) is 18.4 Å². The monoisotopic (exact) mass is 565 g/mol. The lowest BCUT2D eigenvalue weighted by Gasteiger charge is -2.52. The lowest BCUT2D eigenvalue weighted by atomic mass is 9.57. The third-order valence-corrected chi connectivity index (χ3v) is 9.74. The normalized spacial score (nSPS) is 20.8. The lowest BCUT2D eigenvalue weighted by Crippen LogP contribution is -2.61. The number of likely N-dealkylation sites (N-methyl/N-ethyl adjacent to an activating group) is 1. The van der Waals surface area contributed by atoms with Crippen LogP contribution in [0.5, 0.6) is 0 Å². The number of rotatable bonds is 4. The van der Waals surface area contributed by atoms with Crippen molar-refractivity contribution in [3.63, 3.8) is 0 Å². The van der Waals surface area contributed by atoms with E-state index in [0.29, 0.717) is 10.6 Å². The molecule has 5 aromatic carbocycles. The van der Waals surface area contributed by atoms with E-state index >= 15 is 0 Å². The molecule has 0 N–H and O–H groups in total. The van der Waals surface area contributed by atoms with Crippen molar-refractivity contribution in [2.45, 2.75) is 24.8 Å². The van der Waals surface area contributed by atoms with Gasteiger partial charge in [-0.15, -0.1) is 0 Å². The molecule has 0 amide bonds. The first-order valence-corrected chi connectivity index (χ1v) is 14.8. The molecule has 2 atom stereocenters. The first-order chi connectivity index (χ1) is 20.3. The van der Waals surface area contributed by atoms with Gasteiger partial charge in [0.2, 0.25) is 0 Å². The van der Waals surface area contributed by atoms with Gasteiger partial charge in [0.1, 0.15) is 0 Å². The Kier molecular flexibility index (Phi) is 6.22. The highest BCUT2D eigenvalue weighted by Gasteiger charge is 2.62. The Balaban J connectivity index is 1.58. The Bertz CT molecular complexity index is 1890. The molecule has 5 aromatic rings. The molecule has 3 heteroatoms. The maximum atomic E-state index is 15.0. The fourth-order valence-corrected chi connectivity index (χ4v) is 7.62. The zero-order valence-electron chi connectivity index (χ0n) is 24.0. The molecule has 2 aliphatic rings. The molecule has 1 heterocycles. The summed E-state index contributed by atoms with van der Waals surface area (Å²) in [4.78, 5) is 17.4. The predicted octanol–water partition coefficient (Wildman–Crippen LogP) is 9.64. The first kappa shape index (κ1) is 26.5. The fraction of sp³-hybridized carbons (Fsp3) is 0.154. The largest absolute Gasteiger partial charge is 0.363 e. The zero-order chi connectivity index (χ0) is 29.1. The summed E-state index contributed by atoms with van der Waals surface area (Å²) in [6, 6.07) is 41.2. The summed E-state index contributed by atoms with van der Waals surface area (Å²) in [7, 11) is 2.16. The highest BCUT2D eigenvalue weighted by molar-refractivity contribution is 6.30. The van der Waals surface area contributed by atoms with Gasteiger partial charge < -0.3 is 4.90 Å². The van der Waals surface area contributed by atoms with Crippen LogP contribution in [0, 0.1) is 5.92 Å². The van der Waals surface area contributed by atoms with Crippen molar-refractivity contribution in [2.75, 3.05) is 11.9 Å². The van der Waals surface area contributed by atoms with E-state index in [4.69, 9.17) is 11.6 Å². The van der Waals surface area contributed by atoms with Gasteiger partial charge >= 0.3 is 0 Å². The Morgan fingerprint density at radius 1 is 0.738 bits per heavy atom. The molecule has 2 unspecified atom stereocenters. The fourth-order valence-electron chi connectivity index (χ4n) is 7.50. The molecular weight excluding hydrogens is 534 g/mol. The van der Waals surface area contributed by atoms with Crippen LogP contribution in [-0.2, 0) is 5.41 Å². The molecule has 1 aliphatic heterocycles. The van der Waals surface area contributed by atoms with Gasteiger partial charge in [0.25, 0.3) is 0 Å². The van der Waals surface area contributed by atoms with E-state index in [1.165, 1.54) is 16.3 Å². The van der Waals surface area contributed by atoms with Crippen molar-refractivity contribution >= 4 is 45.0 Å². The highest BCUT2D eigenvalue weighted by Crippen LogP contribution is 2.61. The van der Waals surface area contributed by atoms with E-state index in [1.54, 1.807) is 0 Å². The van der Waals surface area contributed by atoms with Crippen LogP contribution < -0.4 is 4.90 Å². The summed E-state index contributed by atoms with van der Waals surface area (Å²) in [6.45, 7) is 4.63. The molecule has 1 spiro atoms. The summed E-state index contributed by atoms with van der Waals surface area (Å²) in [5.41, 5.74) is 6.22. The van der Waals surface area contributed by atoms with Crippen LogP contribution >= 0.6 is 11.6 Å². The van der Waals surface area contributed by atoms with Crippen LogP contribution in [0.15, 0.2) is 133 Å². The van der Waals surface area contributed by atoms with Crippen molar-refractivity contribution in [2.24, 2.45) is 5.92 Å². The number of benzene rings is 5. The smallest absolute Gasteiger partial charge is 0.173 e. The molecule has 0 radical (unpaired) electrons. The molecule has 0 fully saturated rings. The minimum absolute atomic E-state index is 0.109. The van der Waals surface area contributed by atoms with E-state index in [2.05, 4.69) is 98.6 Å². The van der Waals surface area contributed by atoms with E-state index < -0.39 is 16.9 Å². The summed E-state index contributed by atoms with van der Waals surface area (Å²) >= 11 is 6.37. The van der Waals surface area contributed by atoms with Crippen molar-refractivity contribution in [3.05, 3.63) is 161 Å². The number of nitrogens with zero attached hydrogens (tertiary/aromatic N) is 1. The van der Waals surface area contributed by atoms with Crippen LogP contribution in [0.3, 0.4) is 0 Å². The van der Waals surface area contributed by atoms with Crippen LogP contribution in [0.2, 0.25) is 5.02 Å². The summed E-state index contributed by atoms with van der Waals surface area (Å²) in [5, 5.41) is 3.11. The Morgan fingerprint density at radius 2 is 1.38 bits per heavy atom. The Labute approximate surface area is 252 Å². The van der Waals surface area contributed by atoms with Gasteiger partial charge in [0.15, 0.2) is 5.78 Å². The maximum absolute atomic E-state index is 15.0. The second kappa shape index (κ2) is 9.86. The average molecular weight is 566 g/mol. The maximum Gasteiger partial charge on any atom is 0.173 e. The van der Waals surface area contributed by atoms with Gasteiger partial charge in [-0.3, -0.25) is 4.79 Å². The highest BCUT2D eigenvalue weighted by atomic mass is 35.5. The van der Waals surface area contributed by atoms with E-state index in [-0.39, 0.29) is 5.78 Å². The van der Waals surface area contributed by atoms with E-state index in [9.17, 15) is 4.79 Å². The molecule has 42 heavy (non-hydrogen) atoms. The van der Waals surface area contributed by atoms with Crippen LogP contribution in [0.4, 0.5) is 5.69 Å². The molecule has 0 aromatic heterocycles. The minimum Gasteiger partial charge on any atom is -0.363 e. The van der Waals surface area contributed by atoms with Crippen molar-refractivity contribution in [1.29, 1.82) is 0 Å². The molecule has 0 bridgehead atoms. The SMILES string of the molecule is CN1c2ccc3ccccc3c2C(C)(C)C12C=C(c1ccccc1)C=C(c1ccc(Cl)cc1)C2C(=O)c1ccccc1.